The zero-order chi connectivity index (χ0) is 24.3. The maximum Gasteiger partial charge on any atom is 0.338 e. The number of allylic oxidation sites excluding steroid dienone is 3. The summed E-state index contributed by atoms with van der Waals surface area (Å²) in [5, 5.41) is 0. The molecule has 0 amide bonds. The molecule has 1 aliphatic heterocycles. The summed E-state index contributed by atoms with van der Waals surface area (Å²) in [6.45, 7) is 4.75. The highest BCUT2D eigenvalue weighted by atomic mass is 32.2. The van der Waals surface area contributed by atoms with E-state index in [0.29, 0.717) is 21.5 Å². The lowest BCUT2D eigenvalue weighted by Crippen LogP contribution is -2.46. The Morgan fingerprint density at radius 2 is 1.80 bits per heavy atom. The number of rotatable bonds is 4. The van der Waals surface area contributed by atoms with E-state index < -0.39 is 5.97 Å². The van der Waals surface area contributed by atoms with Crippen LogP contribution in [-0.2, 0) is 9.53 Å². The third kappa shape index (κ3) is 3.87. The molecule has 0 radical (unpaired) electrons. The van der Waals surface area contributed by atoms with Gasteiger partial charge in [-0.3, -0.25) is 4.79 Å². The van der Waals surface area contributed by atoms with Crippen LogP contribution in [0.5, 0.6) is 0 Å². The number of thioether (sulfide) groups is 2. The van der Waals surface area contributed by atoms with Crippen molar-refractivity contribution < 1.29 is 14.3 Å². The molecule has 35 heavy (non-hydrogen) atoms. The number of fused-ring (bicyclic) bond motifs is 5. The van der Waals surface area contributed by atoms with Gasteiger partial charge in [0.1, 0.15) is 0 Å². The first-order valence-electron chi connectivity index (χ1n) is 13.3. The second kappa shape index (κ2) is 8.83. The van der Waals surface area contributed by atoms with Gasteiger partial charge in [0.25, 0.3) is 0 Å². The van der Waals surface area contributed by atoms with Gasteiger partial charge in [-0.2, -0.15) is 0 Å². The monoisotopic (exact) mass is 508 g/mol. The fourth-order valence-corrected chi connectivity index (χ4v) is 11.2. The smallest absolute Gasteiger partial charge is 0.338 e. The Morgan fingerprint density at radius 1 is 1.03 bits per heavy atom. The van der Waals surface area contributed by atoms with Crippen molar-refractivity contribution in [3.8, 4) is 0 Å². The van der Waals surface area contributed by atoms with Gasteiger partial charge in [-0.1, -0.05) is 55.3 Å². The summed E-state index contributed by atoms with van der Waals surface area (Å²) in [4.78, 5) is 25.7. The summed E-state index contributed by atoms with van der Waals surface area (Å²) < 4.78 is 5.79. The molecule has 0 bridgehead atoms. The number of Topliss-reactive ketones (excluding diaryl/α,β-unsaturated/α-hetero) is 1. The zero-order valence-electron chi connectivity index (χ0n) is 20.9. The van der Waals surface area contributed by atoms with Gasteiger partial charge in [-0.25, -0.2) is 4.79 Å². The summed E-state index contributed by atoms with van der Waals surface area (Å²) in [5.41, 5.74) is 4.07. The lowest BCUT2D eigenvalue weighted by Gasteiger charge is -2.55. The molecule has 0 unspecified atom stereocenters. The van der Waals surface area contributed by atoms with E-state index in [0.717, 1.165) is 19.3 Å². The Bertz CT molecular complexity index is 1090. The molecule has 1 aromatic carbocycles. The molecule has 3 fully saturated rings. The van der Waals surface area contributed by atoms with Crippen LogP contribution in [0.4, 0.5) is 0 Å². The molecule has 1 heterocycles. The van der Waals surface area contributed by atoms with Gasteiger partial charge >= 0.3 is 5.97 Å². The quantitative estimate of drug-likeness (QED) is 0.321. The molecular formula is C30H36O3S2. The van der Waals surface area contributed by atoms with E-state index in [1.807, 2.05) is 18.2 Å². The van der Waals surface area contributed by atoms with Crippen LogP contribution >= 0.6 is 23.5 Å². The predicted octanol–water partition coefficient (Wildman–Crippen LogP) is 7.09. The third-order valence-electron chi connectivity index (χ3n) is 10.0. The van der Waals surface area contributed by atoms with Crippen molar-refractivity contribution in [1.82, 2.24) is 0 Å². The lowest BCUT2D eigenvalue weighted by atomic mass is 9.51. The fourth-order valence-electron chi connectivity index (χ4n) is 8.10. The van der Waals surface area contributed by atoms with E-state index in [2.05, 4.69) is 49.5 Å². The van der Waals surface area contributed by atoms with Crippen LogP contribution in [0.25, 0.3) is 0 Å². The average Bonchev–Trinajstić information content (AvgIpc) is 3.47. The summed E-state index contributed by atoms with van der Waals surface area (Å²) >= 11 is 4.33. The molecule has 2 saturated carbocycles. The number of ketones is 1. The van der Waals surface area contributed by atoms with Crippen LogP contribution in [0.1, 0.15) is 69.2 Å². The maximum atomic E-state index is 13.3. The van der Waals surface area contributed by atoms with Crippen LogP contribution in [-0.4, -0.2) is 33.9 Å². The largest absolute Gasteiger partial charge is 0.454 e. The molecule has 5 heteroatoms. The lowest BCUT2D eigenvalue weighted by molar-refractivity contribution is -0.130. The van der Waals surface area contributed by atoms with Gasteiger partial charge in [0.15, 0.2) is 12.4 Å². The topological polar surface area (TPSA) is 43.4 Å². The van der Waals surface area contributed by atoms with Crippen LogP contribution < -0.4 is 0 Å². The van der Waals surface area contributed by atoms with Gasteiger partial charge in [-0.05, 0) is 74.3 Å². The second-order valence-corrected chi connectivity index (χ2v) is 14.8. The van der Waals surface area contributed by atoms with Crippen molar-refractivity contribution in [1.29, 1.82) is 0 Å². The summed E-state index contributed by atoms with van der Waals surface area (Å²) in [7, 11) is 0. The Kier molecular flexibility index (Phi) is 6.03. The van der Waals surface area contributed by atoms with Crippen molar-refractivity contribution in [3.63, 3.8) is 0 Å². The first-order valence-corrected chi connectivity index (χ1v) is 15.3. The van der Waals surface area contributed by atoms with Gasteiger partial charge in [0.05, 0.1) is 9.64 Å². The molecule has 186 valence electrons. The minimum Gasteiger partial charge on any atom is -0.454 e. The molecule has 0 aromatic heterocycles. The zero-order valence-corrected chi connectivity index (χ0v) is 22.5. The molecule has 1 spiro atoms. The molecule has 1 aromatic rings. The van der Waals surface area contributed by atoms with Crippen molar-refractivity contribution in [2.24, 2.45) is 28.6 Å². The Hall–Kier alpha value is -1.46. The first kappa shape index (κ1) is 23.9. The van der Waals surface area contributed by atoms with Gasteiger partial charge in [-0.15, -0.1) is 23.5 Å². The third-order valence-corrected chi connectivity index (χ3v) is 13.4. The van der Waals surface area contributed by atoms with Crippen LogP contribution in [0.2, 0.25) is 0 Å². The van der Waals surface area contributed by atoms with Crippen molar-refractivity contribution >= 4 is 35.3 Å². The van der Waals surface area contributed by atoms with Gasteiger partial charge in [0, 0.05) is 22.8 Å². The number of carbonyl (C=O) groups excluding carboxylic acids is 2. The molecule has 5 aliphatic rings. The first-order chi connectivity index (χ1) is 16.8. The van der Waals surface area contributed by atoms with Gasteiger partial charge in [0.2, 0.25) is 0 Å². The SMILES string of the molecule is C[C@]12CCC3(C=C1CC[C@@H]1C2=CC[C@]2(C)[C@@H](C(=O)COC(=O)c4ccccc4)CC[C@@H]12)SCCS3. The van der Waals surface area contributed by atoms with Crippen LogP contribution in [0.15, 0.2) is 53.6 Å². The highest BCUT2D eigenvalue weighted by Gasteiger charge is 2.58. The van der Waals surface area contributed by atoms with Crippen molar-refractivity contribution in [2.45, 2.75) is 62.9 Å². The van der Waals surface area contributed by atoms with E-state index in [1.165, 1.54) is 37.2 Å². The standard InChI is InChI=1S/C30H36O3S2/c1-28-14-15-30(34-16-17-35-30)18-21(28)8-9-22-23-10-11-25(29(23,2)13-12-24(22)28)26(31)19-33-27(32)20-6-4-3-5-7-20/h3-7,12,18,22-23,25H,8-11,13-17,19H2,1-2H3/t22-,23-,25+,28-,29-/m0/s1. The number of esters is 1. The molecule has 3 nitrogen and oxygen atoms in total. The summed E-state index contributed by atoms with van der Waals surface area (Å²) in [6.07, 6.45) is 13.2. The van der Waals surface area contributed by atoms with Gasteiger partial charge < -0.3 is 4.74 Å². The maximum absolute atomic E-state index is 13.3. The van der Waals surface area contributed by atoms with Crippen molar-refractivity contribution in [3.05, 3.63) is 59.2 Å². The Labute approximate surface area is 217 Å². The summed E-state index contributed by atoms with van der Waals surface area (Å²) in [6, 6.07) is 8.97. The van der Waals surface area contributed by atoms with Crippen LogP contribution in [0, 0.1) is 28.6 Å². The molecular weight excluding hydrogens is 472 g/mol. The second-order valence-electron chi connectivity index (χ2n) is 11.7. The number of carbonyl (C=O) groups is 2. The molecule has 5 atom stereocenters. The van der Waals surface area contributed by atoms with E-state index in [4.69, 9.17) is 4.74 Å². The normalized spacial score (nSPS) is 37.0. The average molecular weight is 509 g/mol. The fraction of sp³-hybridized carbons (Fsp3) is 0.600. The molecule has 6 rings (SSSR count). The van der Waals surface area contributed by atoms with E-state index in [-0.39, 0.29) is 29.1 Å². The van der Waals surface area contributed by atoms with E-state index >= 15 is 0 Å². The minimum atomic E-state index is -0.405. The Balaban J connectivity index is 1.19. The highest BCUT2D eigenvalue weighted by molar-refractivity contribution is 8.21. The number of hydrogen-bond donors (Lipinski definition) is 0. The van der Waals surface area contributed by atoms with Crippen LogP contribution in [0.3, 0.4) is 0 Å². The van der Waals surface area contributed by atoms with Crippen molar-refractivity contribution in [2.75, 3.05) is 18.1 Å². The van der Waals surface area contributed by atoms with E-state index in [1.54, 1.807) is 23.3 Å². The minimum absolute atomic E-state index is 0.0143. The molecule has 0 N–H and O–H groups in total. The Morgan fingerprint density at radius 3 is 2.57 bits per heavy atom. The number of benzene rings is 1. The number of ether oxygens (including phenoxy) is 1. The molecule has 1 saturated heterocycles. The predicted molar refractivity (Wildman–Crippen MR) is 145 cm³/mol. The number of hydrogen-bond acceptors (Lipinski definition) is 5. The van der Waals surface area contributed by atoms with E-state index in [9.17, 15) is 9.59 Å². The molecule has 4 aliphatic carbocycles. The summed E-state index contributed by atoms with van der Waals surface area (Å²) in [5.74, 6) is 3.41. The highest BCUT2D eigenvalue weighted by Crippen LogP contribution is 2.66.